The Balaban J connectivity index is 1.33. The molecule has 148 valence electrons. The summed E-state index contributed by atoms with van der Waals surface area (Å²) in [4.78, 5) is 12.0. The van der Waals surface area contributed by atoms with Gasteiger partial charge in [0.1, 0.15) is 0 Å². The maximum Gasteiger partial charge on any atom is 0.166 e. The summed E-state index contributed by atoms with van der Waals surface area (Å²) in [5.41, 5.74) is 3.07. The molecule has 2 fully saturated rings. The van der Waals surface area contributed by atoms with E-state index in [1.807, 2.05) is 18.5 Å². The van der Waals surface area contributed by atoms with Crippen molar-refractivity contribution in [2.45, 2.75) is 49.7 Å². The number of rotatable bonds is 6. The lowest BCUT2D eigenvalue weighted by molar-refractivity contribution is 0.435. The molecule has 28 heavy (non-hydrogen) atoms. The number of H-pyrrole nitrogens is 1. The fraction of sp³-hybridized carbons (Fsp3) is 0.524. The monoisotopic (exact) mass is 398 g/mol. The van der Waals surface area contributed by atoms with Gasteiger partial charge in [0, 0.05) is 23.2 Å². The van der Waals surface area contributed by atoms with Gasteiger partial charge in [0.2, 0.25) is 0 Å². The molecule has 2 N–H and O–H groups in total. The molecule has 0 unspecified atom stereocenters. The quantitative estimate of drug-likeness (QED) is 0.663. The van der Waals surface area contributed by atoms with Gasteiger partial charge in [-0.2, -0.15) is 0 Å². The minimum Gasteiger partial charge on any atom is -0.360 e. The second-order valence-corrected chi connectivity index (χ2v) is 10.6. The standard InChI is InChI=1S/C21H26N4O2S/c26-28(27,13-22-11-14-1-2-14)16-5-3-15(4-6-16)17-7-9-23-19-12-25-21-18(20(17)19)8-10-24-21/h7-10,12,14-16,22-23H,1-6,11,13H2. The number of pyridine rings is 2. The summed E-state index contributed by atoms with van der Waals surface area (Å²) in [6, 6.07) is 4.16. The summed E-state index contributed by atoms with van der Waals surface area (Å²) in [6.07, 6.45) is 11.4. The Morgan fingerprint density at radius 2 is 1.89 bits per heavy atom. The first-order chi connectivity index (χ1) is 13.6. The molecule has 0 aromatic carbocycles. The topological polar surface area (TPSA) is 87.7 Å². The van der Waals surface area contributed by atoms with Gasteiger partial charge in [-0.15, -0.1) is 0 Å². The normalized spacial score (nSPS) is 23.4. The number of hydrogen-bond acceptors (Lipinski definition) is 5. The molecule has 3 heterocycles. The average Bonchev–Trinajstić information content (AvgIpc) is 3.40. The Hall–Kier alpha value is -1.99. The highest BCUT2D eigenvalue weighted by molar-refractivity contribution is 7.91. The van der Waals surface area contributed by atoms with Gasteiger partial charge in [0.05, 0.1) is 22.8 Å². The van der Waals surface area contributed by atoms with Crippen molar-refractivity contribution in [3.63, 3.8) is 0 Å². The van der Waals surface area contributed by atoms with Crippen molar-refractivity contribution in [2.24, 2.45) is 5.92 Å². The van der Waals surface area contributed by atoms with Crippen LogP contribution in [0.1, 0.15) is 50.0 Å². The van der Waals surface area contributed by atoms with E-state index in [4.69, 9.17) is 0 Å². The van der Waals surface area contributed by atoms with Crippen molar-refractivity contribution >= 4 is 31.8 Å². The van der Waals surface area contributed by atoms with E-state index in [0.29, 0.717) is 11.8 Å². The second-order valence-electron chi connectivity index (χ2n) is 8.34. The molecule has 0 spiro atoms. The molecule has 2 saturated carbocycles. The van der Waals surface area contributed by atoms with Gasteiger partial charge in [0.15, 0.2) is 15.5 Å². The number of nitrogens with one attached hydrogen (secondary N) is 2. The summed E-state index contributed by atoms with van der Waals surface area (Å²) in [5, 5.41) is 5.21. The smallest absolute Gasteiger partial charge is 0.166 e. The summed E-state index contributed by atoms with van der Waals surface area (Å²) in [5.74, 6) is 1.21. The third kappa shape index (κ3) is 3.42. The minimum atomic E-state index is -3.06. The Labute approximate surface area is 165 Å². The van der Waals surface area contributed by atoms with Crippen LogP contribution in [0.4, 0.5) is 0 Å². The molecule has 0 radical (unpaired) electrons. The predicted octanol–water partition coefficient (Wildman–Crippen LogP) is 3.51. The highest BCUT2D eigenvalue weighted by atomic mass is 32.2. The van der Waals surface area contributed by atoms with E-state index in [2.05, 4.69) is 26.3 Å². The highest BCUT2D eigenvalue weighted by Gasteiger charge is 2.32. The molecular formula is C21H26N4O2S. The Bertz CT molecular complexity index is 1100. The van der Waals surface area contributed by atoms with Crippen molar-refractivity contribution in [1.82, 2.24) is 20.3 Å². The predicted molar refractivity (Wildman–Crippen MR) is 111 cm³/mol. The minimum absolute atomic E-state index is 0.132. The van der Waals surface area contributed by atoms with Crippen LogP contribution < -0.4 is 5.32 Å². The van der Waals surface area contributed by atoms with E-state index in [1.165, 1.54) is 23.8 Å². The zero-order chi connectivity index (χ0) is 19.1. The van der Waals surface area contributed by atoms with Crippen LogP contribution in [0.3, 0.4) is 0 Å². The van der Waals surface area contributed by atoms with Crippen molar-refractivity contribution in [1.29, 1.82) is 0 Å². The zero-order valence-electron chi connectivity index (χ0n) is 15.9. The van der Waals surface area contributed by atoms with E-state index in [0.717, 1.165) is 48.8 Å². The van der Waals surface area contributed by atoms with Crippen LogP contribution >= 0.6 is 0 Å². The first-order valence-electron chi connectivity index (χ1n) is 10.2. The van der Waals surface area contributed by atoms with Gasteiger partial charge in [-0.3, -0.25) is 0 Å². The number of fused-ring (bicyclic) bond motifs is 3. The SMILES string of the molecule is O=S(=O)(CNCC1CC1)C1CCC(c2cc[nH]c3cnc4nccc4c23)CC1. The van der Waals surface area contributed by atoms with Crippen molar-refractivity contribution < 1.29 is 8.42 Å². The third-order valence-electron chi connectivity index (χ3n) is 6.38. The Morgan fingerprint density at radius 1 is 1.07 bits per heavy atom. The number of aromatic amines is 1. The Kier molecular flexibility index (Phi) is 4.59. The van der Waals surface area contributed by atoms with Crippen LogP contribution in [0, 0.1) is 5.92 Å². The fourth-order valence-electron chi connectivity index (χ4n) is 4.60. The highest BCUT2D eigenvalue weighted by Crippen LogP contribution is 2.39. The second kappa shape index (κ2) is 7.12. The van der Waals surface area contributed by atoms with Crippen LogP contribution in [-0.4, -0.2) is 41.0 Å². The maximum absolute atomic E-state index is 12.7. The zero-order valence-corrected chi connectivity index (χ0v) is 16.7. The molecule has 0 bridgehead atoms. The summed E-state index contributed by atoms with van der Waals surface area (Å²) in [6.45, 7) is 0.846. The molecule has 5 rings (SSSR count). The largest absolute Gasteiger partial charge is 0.360 e. The maximum atomic E-state index is 12.7. The first kappa shape index (κ1) is 18.1. The molecule has 3 aromatic heterocycles. The summed E-state index contributed by atoms with van der Waals surface area (Å²) < 4.78 is 25.4. The number of aromatic nitrogens is 3. The molecule has 3 aromatic rings. The lowest BCUT2D eigenvalue weighted by Gasteiger charge is -2.29. The van der Waals surface area contributed by atoms with E-state index in [-0.39, 0.29) is 11.1 Å². The number of nitrogens with zero attached hydrogens (tertiary/aromatic N) is 2. The summed E-state index contributed by atoms with van der Waals surface area (Å²) >= 11 is 0. The van der Waals surface area contributed by atoms with E-state index in [9.17, 15) is 8.42 Å². The molecule has 2 aliphatic rings. The molecule has 0 atom stereocenters. The van der Waals surface area contributed by atoms with E-state index in [1.54, 1.807) is 6.20 Å². The van der Waals surface area contributed by atoms with E-state index >= 15 is 0 Å². The lowest BCUT2D eigenvalue weighted by atomic mass is 9.82. The molecule has 0 aliphatic heterocycles. The lowest BCUT2D eigenvalue weighted by Crippen LogP contribution is -2.34. The average molecular weight is 399 g/mol. The molecule has 0 saturated heterocycles. The molecule has 7 heteroatoms. The number of sulfone groups is 1. The van der Waals surface area contributed by atoms with Crippen LogP contribution in [0.15, 0.2) is 30.7 Å². The van der Waals surface area contributed by atoms with Gasteiger partial charge in [-0.1, -0.05) is 0 Å². The van der Waals surface area contributed by atoms with Crippen LogP contribution in [-0.2, 0) is 9.84 Å². The van der Waals surface area contributed by atoms with Crippen LogP contribution in [0.5, 0.6) is 0 Å². The van der Waals surface area contributed by atoms with Gasteiger partial charge >= 0.3 is 0 Å². The van der Waals surface area contributed by atoms with Crippen molar-refractivity contribution in [2.75, 3.05) is 12.4 Å². The summed E-state index contributed by atoms with van der Waals surface area (Å²) in [7, 11) is -3.06. The van der Waals surface area contributed by atoms with Crippen molar-refractivity contribution in [3.8, 4) is 0 Å². The first-order valence-corrected chi connectivity index (χ1v) is 12.0. The van der Waals surface area contributed by atoms with Gasteiger partial charge in [-0.05, 0) is 74.6 Å². The van der Waals surface area contributed by atoms with Crippen LogP contribution in [0.2, 0.25) is 0 Å². The van der Waals surface area contributed by atoms with Crippen LogP contribution in [0.25, 0.3) is 21.9 Å². The number of hydrogen-bond donors (Lipinski definition) is 2. The van der Waals surface area contributed by atoms with Gasteiger partial charge < -0.3 is 10.3 Å². The molecule has 2 aliphatic carbocycles. The molecule has 0 amide bonds. The van der Waals surface area contributed by atoms with Crippen molar-refractivity contribution in [3.05, 3.63) is 36.3 Å². The molecular weight excluding hydrogens is 372 g/mol. The third-order valence-corrected chi connectivity index (χ3v) is 8.47. The Morgan fingerprint density at radius 3 is 2.68 bits per heavy atom. The van der Waals surface area contributed by atoms with E-state index < -0.39 is 9.84 Å². The molecule has 6 nitrogen and oxygen atoms in total. The van der Waals surface area contributed by atoms with Gasteiger partial charge in [0.25, 0.3) is 0 Å². The fourth-order valence-corrected chi connectivity index (χ4v) is 6.23. The van der Waals surface area contributed by atoms with Gasteiger partial charge in [-0.25, -0.2) is 18.4 Å².